The van der Waals surface area contributed by atoms with Gasteiger partial charge >= 0.3 is 0 Å². The van der Waals surface area contributed by atoms with Gasteiger partial charge in [0, 0.05) is 25.8 Å². The van der Waals surface area contributed by atoms with Crippen molar-refractivity contribution in [2.75, 3.05) is 26.8 Å². The number of rotatable bonds is 4. The lowest BCUT2D eigenvalue weighted by Crippen LogP contribution is -2.21. The molecule has 1 saturated heterocycles. The van der Waals surface area contributed by atoms with Crippen molar-refractivity contribution >= 4 is 0 Å². The molecule has 1 aromatic carbocycles. The van der Waals surface area contributed by atoms with Crippen molar-refractivity contribution < 1.29 is 14.2 Å². The van der Waals surface area contributed by atoms with Crippen molar-refractivity contribution in [3.63, 3.8) is 0 Å². The molecule has 3 nitrogen and oxygen atoms in total. The minimum absolute atomic E-state index is 0.220. The fraction of sp³-hybridized carbons (Fsp3) is 0.538. The van der Waals surface area contributed by atoms with Crippen LogP contribution in [0.2, 0.25) is 0 Å². The second-order valence-corrected chi connectivity index (χ2v) is 4.59. The molecular formula is C13H18FNO2. The van der Waals surface area contributed by atoms with Crippen LogP contribution in [-0.4, -0.2) is 36.8 Å². The second-order valence-electron chi connectivity index (χ2n) is 4.59. The number of aromatic hydroxyl groups is 1. The summed E-state index contributed by atoms with van der Waals surface area (Å²) in [4.78, 5) is 2.22. The second kappa shape index (κ2) is 5.47. The van der Waals surface area contributed by atoms with Crippen LogP contribution in [0.3, 0.4) is 0 Å². The molecule has 1 fully saturated rings. The van der Waals surface area contributed by atoms with E-state index in [1.54, 1.807) is 19.2 Å². The van der Waals surface area contributed by atoms with Gasteiger partial charge < -0.3 is 9.84 Å². The molecule has 17 heavy (non-hydrogen) atoms. The van der Waals surface area contributed by atoms with Gasteiger partial charge in [0.05, 0.1) is 6.61 Å². The quantitative estimate of drug-likeness (QED) is 0.872. The number of phenolic OH excluding ortho intramolecular Hbond substituents is 1. The largest absolute Gasteiger partial charge is 0.505 e. The Balaban J connectivity index is 1.96. The molecule has 0 saturated carbocycles. The van der Waals surface area contributed by atoms with Crippen LogP contribution in [0.4, 0.5) is 4.39 Å². The minimum Gasteiger partial charge on any atom is -0.505 e. The van der Waals surface area contributed by atoms with E-state index in [-0.39, 0.29) is 5.75 Å². The van der Waals surface area contributed by atoms with Crippen molar-refractivity contribution in [1.82, 2.24) is 4.90 Å². The van der Waals surface area contributed by atoms with Crippen molar-refractivity contribution in [3.05, 3.63) is 29.6 Å². The van der Waals surface area contributed by atoms with Crippen LogP contribution in [-0.2, 0) is 11.3 Å². The molecule has 0 spiro atoms. The molecule has 0 aliphatic carbocycles. The number of methoxy groups -OCH3 is 1. The Bertz CT molecular complexity index is 384. The molecule has 1 aliphatic rings. The highest BCUT2D eigenvalue weighted by Crippen LogP contribution is 2.25. The van der Waals surface area contributed by atoms with Gasteiger partial charge in [-0.15, -0.1) is 0 Å². The Morgan fingerprint density at radius 1 is 1.53 bits per heavy atom. The third-order valence-electron chi connectivity index (χ3n) is 3.24. The highest BCUT2D eigenvalue weighted by atomic mass is 19.1. The molecule has 1 aromatic rings. The number of hydrogen-bond donors (Lipinski definition) is 1. The zero-order valence-electron chi connectivity index (χ0n) is 10.0. The molecule has 0 amide bonds. The number of benzene rings is 1. The SMILES string of the molecule is COCC1CCN(Cc2cccc(F)c2O)C1. The Hall–Kier alpha value is -1.13. The summed E-state index contributed by atoms with van der Waals surface area (Å²) >= 11 is 0. The minimum atomic E-state index is -0.546. The first-order valence-corrected chi connectivity index (χ1v) is 5.88. The fourth-order valence-corrected chi connectivity index (χ4v) is 2.36. The van der Waals surface area contributed by atoms with Gasteiger partial charge in [-0.25, -0.2) is 4.39 Å². The fourth-order valence-electron chi connectivity index (χ4n) is 2.36. The van der Waals surface area contributed by atoms with E-state index in [0.717, 1.165) is 26.1 Å². The number of likely N-dealkylation sites (tertiary alicyclic amines) is 1. The number of hydrogen-bond acceptors (Lipinski definition) is 3. The summed E-state index contributed by atoms with van der Waals surface area (Å²) in [6.07, 6.45) is 1.10. The first kappa shape index (κ1) is 12.3. The summed E-state index contributed by atoms with van der Waals surface area (Å²) in [7, 11) is 1.71. The molecule has 0 bridgehead atoms. The van der Waals surface area contributed by atoms with E-state index in [4.69, 9.17) is 4.74 Å². The van der Waals surface area contributed by atoms with Crippen molar-refractivity contribution in [3.8, 4) is 5.75 Å². The number of phenols is 1. The topological polar surface area (TPSA) is 32.7 Å². The standard InChI is InChI=1S/C13H18FNO2/c1-17-9-10-5-6-15(7-10)8-11-3-2-4-12(14)13(11)16/h2-4,10,16H,5-9H2,1H3. The molecule has 0 radical (unpaired) electrons. The van der Waals surface area contributed by atoms with E-state index < -0.39 is 5.82 Å². The summed E-state index contributed by atoms with van der Waals surface area (Å²) in [5.41, 5.74) is 0.656. The van der Waals surface area contributed by atoms with Crippen molar-refractivity contribution in [1.29, 1.82) is 0 Å². The van der Waals surface area contributed by atoms with E-state index in [1.807, 2.05) is 0 Å². The van der Waals surface area contributed by atoms with E-state index in [1.165, 1.54) is 6.07 Å². The Morgan fingerprint density at radius 2 is 2.35 bits per heavy atom. The maximum atomic E-state index is 13.2. The summed E-state index contributed by atoms with van der Waals surface area (Å²) in [6, 6.07) is 4.67. The van der Waals surface area contributed by atoms with E-state index in [2.05, 4.69) is 4.90 Å². The summed E-state index contributed by atoms with van der Waals surface area (Å²) in [5.74, 6) is -0.214. The van der Waals surface area contributed by atoms with E-state index in [0.29, 0.717) is 18.0 Å². The number of ether oxygens (including phenoxy) is 1. The van der Waals surface area contributed by atoms with Crippen molar-refractivity contribution in [2.24, 2.45) is 5.92 Å². The van der Waals surface area contributed by atoms with Gasteiger partial charge in [-0.3, -0.25) is 4.90 Å². The first-order valence-electron chi connectivity index (χ1n) is 5.88. The van der Waals surface area contributed by atoms with Crippen LogP contribution >= 0.6 is 0 Å². The number of para-hydroxylation sites is 1. The third-order valence-corrected chi connectivity index (χ3v) is 3.24. The third kappa shape index (κ3) is 2.96. The molecule has 1 unspecified atom stereocenters. The Labute approximate surface area is 101 Å². The molecule has 1 atom stereocenters. The van der Waals surface area contributed by atoms with Crippen LogP contribution < -0.4 is 0 Å². The zero-order chi connectivity index (χ0) is 12.3. The van der Waals surface area contributed by atoms with Crippen LogP contribution in [0.5, 0.6) is 5.75 Å². The molecular weight excluding hydrogens is 221 g/mol. The summed E-state index contributed by atoms with van der Waals surface area (Å²) in [6.45, 7) is 3.29. The molecule has 1 heterocycles. The predicted octanol–water partition coefficient (Wildman–Crippen LogP) is 2.00. The van der Waals surface area contributed by atoms with Gasteiger partial charge in [-0.2, -0.15) is 0 Å². The van der Waals surface area contributed by atoms with Crippen LogP contribution in [0.1, 0.15) is 12.0 Å². The normalized spacial score (nSPS) is 20.9. The smallest absolute Gasteiger partial charge is 0.165 e. The van der Waals surface area contributed by atoms with E-state index in [9.17, 15) is 9.50 Å². The lowest BCUT2D eigenvalue weighted by molar-refractivity contribution is 0.152. The molecule has 2 rings (SSSR count). The zero-order valence-corrected chi connectivity index (χ0v) is 10.0. The predicted molar refractivity (Wildman–Crippen MR) is 63.3 cm³/mol. The molecule has 1 N–H and O–H groups in total. The molecule has 94 valence electrons. The van der Waals surface area contributed by atoms with Gasteiger partial charge in [-0.1, -0.05) is 12.1 Å². The number of nitrogens with zero attached hydrogens (tertiary/aromatic N) is 1. The highest BCUT2D eigenvalue weighted by Gasteiger charge is 2.23. The van der Waals surface area contributed by atoms with Crippen LogP contribution in [0.25, 0.3) is 0 Å². The van der Waals surface area contributed by atoms with Gasteiger partial charge in [0.2, 0.25) is 0 Å². The summed E-state index contributed by atoms with van der Waals surface area (Å²) < 4.78 is 18.3. The average Bonchev–Trinajstić information content (AvgIpc) is 2.73. The lowest BCUT2D eigenvalue weighted by atomic mass is 10.1. The average molecular weight is 239 g/mol. The van der Waals surface area contributed by atoms with Crippen molar-refractivity contribution in [2.45, 2.75) is 13.0 Å². The maximum Gasteiger partial charge on any atom is 0.165 e. The Kier molecular flexibility index (Phi) is 3.97. The maximum absolute atomic E-state index is 13.2. The monoisotopic (exact) mass is 239 g/mol. The van der Waals surface area contributed by atoms with Gasteiger partial charge in [0.15, 0.2) is 11.6 Å². The lowest BCUT2D eigenvalue weighted by Gasteiger charge is -2.16. The van der Waals surface area contributed by atoms with E-state index >= 15 is 0 Å². The molecule has 4 heteroatoms. The van der Waals surface area contributed by atoms with Gasteiger partial charge in [0.1, 0.15) is 0 Å². The first-order chi connectivity index (χ1) is 8.20. The Morgan fingerprint density at radius 3 is 3.12 bits per heavy atom. The van der Waals surface area contributed by atoms with Gasteiger partial charge in [-0.05, 0) is 24.9 Å². The summed E-state index contributed by atoms with van der Waals surface area (Å²) in [5, 5.41) is 9.60. The van der Waals surface area contributed by atoms with Crippen LogP contribution in [0.15, 0.2) is 18.2 Å². The molecule has 0 aromatic heterocycles. The van der Waals surface area contributed by atoms with Crippen LogP contribution in [0, 0.1) is 11.7 Å². The number of halogens is 1. The highest BCUT2D eigenvalue weighted by molar-refractivity contribution is 5.33. The molecule has 1 aliphatic heterocycles. The van der Waals surface area contributed by atoms with Gasteiger partial charge in [0.25, 0.3) is 0 Å².